The summed E-state index contributed by atoms with van der Waals surface area (Å²) in [4.78, 5) is 0. The van der Waals surface area contributed by atoms with Crippen molar-refractivity contribution in [2.45, 2.75) is 46.1 Å². The second kappa shape index (κ2) is 8.49. The molecule has 0 heterocycles. The van der Waals surface area contributed by atoms with E-state index in [2.05, 4.69) is 19.2 Å². The molecule has 0 aromatic heterocycles. The molecule has 0 saturated heterocycles. The second-order valence-electron chi connectivity index (χ2n) is 4.80. The number of rotatable bonds is 8. The highest BCUT2D eigenvalue weighted by Crippen LogP contribution is 2.16. The number of hydrogen-bond donors (Lipinski definition) is 1. The Balaban J connectivity index is 2.33. The minimum absolute atomic E-state index is 0.201. The average Bonchev–Trinajstić information content (AvgIpc) is 2.37. The van der Waals surface area contributed by atoms with Crippen molar-refractivity contribution in [3.05, 3.63) is 34.6 Å². The lowest BCUT2D eigenvalue weighted by atomic mass is 9.99. The zero-order valence-electron chi connectivity index (χ0n) is 11.3. The fourth-order valence-electron chi connectivity index (χ4n) is 2.01. The van der Waals surface area contributed by atoms with Gasteiger partial charge in [-0.05, 0) is 36.6 Å². The second-order valence-corrected chi connectivity index (χ2v) is 5.20. The summed E-state index contributed by atoms with van der Waals surface area (Å²) in [6.45, 7) is 6.23. The van der Waals surface area contributed by atoms with Crippen LogP contribution in [0, 0.1) is 11.7 Å². The lowest BCUT2D eigenvalue weighted by molar-refractivity contribution is 0.419. The largest absolute Gasteiger partial charge is 0.312 e. The average molecular weight is 272 g/mol. The number of nitrogens with one attached hydrogen (secondary N) is 1. The fourth-order valence-corrected chi connectivity index (χ4v) is 2.22. The van der Waals surface area contributed by atoms with Gasteiger partial charge in [0.1, 0.15) is 5.82 Å². The Morgan fingerprint density at radius 3 is 2.72 bits per heavy atom. The van der Waals surface area contributed by atoms with Crippen LogP contribution in [0.4, 0.5) is 4.39 Å². The predicted octanol–water partition coefficient (Wildman–Crippen LogP) is 4.79. The van der Waals surface area contributed by atoms with E-state index in [-0.39, 0.29) is 10.8 Å². The zero-order chi connectivity index (χ0) is 13.4. The summed E-state index contributed by atoms with van der Waals surface area (Å²) in [5.74, 6) is 0.385. The molecule has 1 atom stereocenters. The summed E-state index contributed by atoms with van der Waals surface area (Å²) in [6, 6.07) is 4.89. The molecule has 1 aromatic rings. The van der Waals surface area contributed by atoms with Gasteiger partial charge >= 0.3 is 0 Å². The first-order chi connectivity index (χ1) is 8.67. The molecular weight excluding hydrogens is 249 g/mol. The first-order valence-corrected chi connectivity index (χ1v) is 7.19. The molecule has 1 unspecified atom stereocenters. The van der Waals surface area contributed by atoms with E-state index >= 15 is 0 Å². The summed E-state index contributed by atoms with van der Waals surface area (Å²) >= 11 is 5.75. The van der Waals surface area contributed by atoms with Gasteiger partial charge in [-0.15, -0.1) is 0 Å². The van der Waals surface area contributed by atoms with Crippen LogP contribution >= 0.6 is 11.6 Å². The highest BCUT2D eigenvalue weighted by Gasteiger charge is 2.06. The van der Waals surface area contributed by atoms with E-state index < -0.39 is 0 Å². The molecular formula is C15H23ClFN. The van der Waals surface area contributed by atoms with Crippen LogP contribution in [0.2, 0.25) is 5.02 Å². The number of benzene rings is 1. The smallest absolute Gasteiger partial charge is 0.141 e. The minimum atomic E-state index is -0.352. The van der Waals surface area contributed by atoms with Crippen molar-refractivity contribution in [3.8, 4) is 0 Å². The first kappa shape index (κ1) is 15.5. The SMILES string of the molecule is CCCCC(CC)CNCc1ccc(F)c(Cl)c1. The molecule has 0 aliphatic rings. The molecule has 0 spiro atoms. The van der Waals surface area contributed by atoms with Gasteiger partial charge in [0.2, 0.25) is 0 Å². The third kappa shape index (κ3) is 5.36. The van der Waals surface area contributed by atoms with E-state index in [1.165, 1.54) is 31.7 Å². The summed E-state index contributed by atoms with van der Waals surface area (Å²) in [6.07, 6.45) is 5.04. The highest BCUT2D eigenvalue weighted by atomic mass is 35.5. The van der Waals surface area contributed by atoms with Crippen molar-refractivity contribution in [1.29, 1.82) is 0 Å². The van der Waals surface area contributed by atoms with Crippen molar-refractivity contribution in [2.24, 2.45) is 5.92 Å². The molecule has 1 rings (SSSR count). The van der Waals surface area contributed by atoms with E-state index in [4.69, 9.17) is 11.6 Å². The molecule has 0 saturated carbocycles. The van der Waals surface area contributed by atoms with Gasteiger partial charge in [-0.25, -0.2) is 4.39 Å². The normalized spacial score (nSPS) is 12.7. The molecule has 1 aromatic carbocycles. The Labute approximate surface area is 115 Å². The van der Waals surface area contributed by atoms with Gasteiger partial charge in [-0.3, -0.25) is 0 Å². The van der Waals surface area contributed by atoms with Crippen molar-refractivity contribution in [2.75, 3.05) is 6.54 Å². The van der Waals surface area contributed by atoms with Gasteiger partial charge in [0.15, 0.2) is 0 Å². The maximum absolute atomic E-state index is 13.0. The van der Waals surface area contributed by atoms with Crippen molar-refractivity contribution < 1.29 is 4.39 Å². The van der Waals surface area contributed by atoms with Gasteiger partial charge in [0.05, 0.1) is 5.02 Å². The van der Waals surface area contributed by atoms with Crippen molar-refractivity contribution in [1.82, 2.24) is 5.32 Å². The maximum Gasteiger partial charge on any atom is 0.141 e. The predicted molar refractivity (Wildman–Crippen MR) is 76.4 cm³/mol. The Hall–Kier alpha value is -0.600. The standard InChI is InChI=1S/C15H23ClFN/c1-3-5-6-12(4-2)10-18-11-13-7-8-15(17)14(16)9-13/h7-9,12,18H,3-6,10-11H2,1-2H3. The quantitative estimate of drug-likeness (QED) is 0.717. The first-order valence-electron chi connectivity index (χ1n) is 6.82. The molecule has 3 heteroatoms. The van der Waals surface area contributed by atoms with Crippen LogP contribution in [0.1, 0.15) is 45.1 Å². The topological polar surface area (TPSA) is 12.0 Å². The van der Waals surface area contributed by atoms with Crippen LogP contribution in [0.5, 0.6) is 0 Å². The number of hydrogen-bond acceptors (Lipinski definition) is 1. The Morgan fingerprint density at radius 2 is 2.11 bits per heavy atom. The number of unbranched alkanes of at least 4 members (excludes halogenated alkanes) is 1. The molecule has 0 radical (unpaired) electrons. The van der Waals surface area contributed by atoms with Crippen LogP contribution in [-0.2, 0) is 6.54 Å². The fraction of sp³-hybridized carbons (Fsp3) is 0.600. The molecule has 1 nitrogen and oxygen atoms in total. The Kier molecular flexibility index (Phi) is 7.29. The molecule has 18 heavy (non-hydrogen) atoms. The molecule has 0 bridgehead atoms. The molecule has 0 fully saturated rings. The summed E-state index contributed by atoms with van der Waals surface area (Å²) in [5, 5.41) is 3.63. The summed E-state index contributed by atoms with van der Waals surface area (Å²) in [7, 11) is 0. The van der Waals surface area contributed by atoms with Gasteiger partial charge in [0, 0.05) is 6.54 Å². The Morgan fingerprint density at radius 1 is 1.33 bits per heavy atom. The van der Waals surface area contributed by atoms with Crippen LogP contribution in [-0.4, -0.2) is 6.54 Å². The highest BCUT2D eigenvalue weighted by molar-refractivity contribution is 6.30. The monoisotopic (exact) mass is 271 g/mol. The van der Waals surface area contributed by atoms with E-state index in [0.29, 0.717) is 0 Å². The van der Waals surface area contributed by atoms with Crippen LogP contribution in [0.15, 0.2) is 18.2 Å². The third-order valence-electron chi connectivity index (χ3n) is 3.29. The summed E-state index contributed by atoms with van der Waals surface area (Å²) in [5.41, 5.74) is 1.03. The summed E-state index contributed by atoms with van der Waals surface area (Å²) < 4.78 is 13.0. The molecule has 0 aliphatic heterocycles. The maximum atomic E-state index is 13.0. The van der Waals surface area contributed by atoms with E-state index in [1.807, 2.05) is 0 Å². The molecule has 0 amide bonds. The molecule has 1 N–H and O–H groups in total. The zero-order valence-corrected chi connectivity index (χ0v) is 12.1. The van der Waals surface area contributed by atoms with Crippen molar-refractivity contribution in [3.63, 3.8) is 0 Å². The van der Waals surface area contributed by atoms with Gasteiger partial charge in [0.25, 0.3) is 0 Å². The van der Waals surface area contributed by atoms with Crippen LogP contribution in [0.3, 0.4) is 0 Å². The third-order valence-corrected chi connectivity index (χ3v) is 3.58. The van der Waals surface area contributed by atoms with Crippen LogP contribution < -0.4 is 5.32 Å². The van der Waals surface area contributed by atoms with E-state index in [0.717, 1.165) is 24.6 Å². The van der Waals surface area contributed by atoms with Gasteiger partial charge in [-0.2, -0.15) is 0 Å². The minimum Gasteiger partial charge on any atom is -0.312 e. The van der Waals surface area contributed by atoms with E-state index in [1.54, 1.807) is 12.1 Å². The lowest BCUT2D eigenvalue weighted by Gasteiger charge is -2.15. The molecule has 102 valence electrons. The molecule has 0 aliphatic carbocycles. The number of halogens is 2. The van der Waals surface area contributed by atoms with Gasteiger partial charge < -0.3 is 5.32 Å². The Bertz CT molecular complexity index is 354. The van der Waals surface area contributed by atoms with E-state index in [9.17, 15) is 4.39 Å². The van der Waals surface area contributed by atoms with Crippen molar-refractivity contribution >= 4 is 11.6 Å². The lowest BCUT2D eigenvalue weighted by Crippen LogP contribution is -2.22. The van der Waals surface area contributed by atoms with Gasteiger partial charge in [-0.1, -0.05) is 50.8 Å². The van der Waals surface area contributed by atoms with Crippen LogP contribution in [0.25, 0.3) is 0 Å².